The van der Waals surface area contributed by atoms with Crippen molar-refractivity contribution in [1.29, 1.82) is 0 Å². The smallest absolute Gasteiger partial charge is 0.508 e. The van der Waals surface area contributed by atoms with Gasteiger partial charge in [0.25, 0.3) is 0 Å². The Morgan fingerprint density at radius 1 is 0.451 bits per heavy atom. The highest BCUT2D eigenvalue weighted by Crippen LogP contribution is 2.25. The molecule has 0 heterocycles. The lowest BCUT2D eigenvalue weighted by Gasteiger charge is -2.30. The summed E-state index contributed by atoms with van der Waals surface area (Å²) in [6.45, 7) is 12.9. The number of rotatable bonds is 43. The highest BCUT2D eigenvalue weighted by atomic mass is 32.1. The average molecular weight is 755 g/mol. The Labute approximate surface area is 329 Å². The van der Waals surface area contributed by atoms with Crippen molar-refractivity contribution in [3.8, 4) is 0 Å². The molecule has 0 spiro atoms. The summed E-state index contributed by atoms with van der Waals surface area (Å²) in [6.07, 6.45) is 49.8. The van der Waals surface area contributed by atoms with Gasteiger partial charge in [0, 0.05) is 24.5 Å². The molecular formula is C46H94O3SSi. The van der Waals surface area contributed by atoms with Crippen molar-refractivity contribution in [2.45, 2.75) is 264 Å². The fourth-order valence-electron chi connectivity index (χ4n) is 7.10. The van der Waals surface area contributed by atoms with Gasteiger partial charge in [-0.15, -0.1) is 0 Å². The van der Waals surface area contributed by atoms with Crippen molar-refractivity contribution in [2.24, 2.45) is 5.92 Å². The van der Waals surface area contributed by atoms with E-state index in [0.29, 0.717) is 17.8 Å². The molecule has 5 heteroatoms. The van der Waals surface area contributed by atoms with Crippen LogP contribution in [0.3, 0.4) is 0 Å². The molecule has 0 rings (SSSR count). The van der Waals surface area contributed by atoms with Crippen LogP contribution < -0.4 is 0 Å². The summed E-state index contributed by atoms with van der Waals surface area (Å²) in [4.78, 5) is 0. The van der Waals surface area contributed by atoms with Crippen LogP contribution in [-0.2, 0) is 13.3 Å². The second-order valence-corrected chi connectivity index (χ2v) is 19.7. The topological polar surface area (TPSA) is 27.7 Å². The van der Waals surface area contributed by atoms with Gasteiger partial charge < -0.3 is 13.3 Å². The van der Waals surface area contributed by atoms with Crippen LogP contribution in [0.2, 0.25) is 6.04 Å². The van der Waals surface area contributed by atoms with Gasteiger partial charge in [0.2, 0.25) is 0 Å². The maximum Gasteiger partial charge on any atom is 0.565 e. The van der Waals surface area contributed by atoms with Gasteiger partial charge in [-0.2, -0.15) is 12.6 Å². The molecular weight excluding hydrogens is 661 g/mol. The molecule has 0 aliphatic heterocycles. The molecule has 2 atom stereocenters. The van der Waals surface area contributed by atoms with Crippen molar-refractivity contribution in [3.05, 3.63) is 12.3 Å². The van der Waals surface area contributed by atoms with Crippen LogP contribution in [-0.4, -0.2) is 27.3 Å². The van der Waals surface area contributed by atoms with E-state index in [4.69, 9.17) is 25.9 Å². The minimum atomic E-state index is -2.81. The number of unbranched alkanes of at least 4 members (excludes halogenated alkanes) is 29. The average Bonchev–Trinajstić information content (AvgIpc) is 3.11. The number of allylic oxidation sites excluding steroid dienone is 1. The Balaban J connectivity index is 4.62. The standard InChI is InChI=1S/C46H94O3SSi/c1-6-9-12-15-18-21-23-24-25-26-29-32-35-38-42-48-51(44-45(4)5,47-41-37-34-31-28-22-19-16-13-10-7-2)49-43-40-46(50)39-36-33-30-27-20-17-14-11-8-3/h37,41,45-46,50H,6-36,38-40,42-44H2,1-5H3. The molecule has 0 saturated carbocycles. The van der Waals surface area contributed by atoms with E-state index < -0.39 is 8.80 Å². The van der Waals surface area contributed by atoms with Crippen LogP contribution in [0.1, 0.15) is 253 Å². The second-order valence-electron chi connectivity index (χ2n) is 16.4. The molecule has 0 N–H and O–H groups in total. The molecule has 0 amide bonds. The van der Waals surface area contributed by atoms with E-state index in [2.05, 4.69) is 40.7 Å². The highest BCUT2D eigenvalue weighted by molar-refractivity contribution is 7.80. The van der Waals surface area contributed by atoms with Crippen LogP contribution in [0, 0.1) is 5.92 Å². The van der Waals surface area contributed by atoms with Crippen LogP contribution in [0.5, 0.6) is 0 Å². The van der Waals surface area contributed by atoms with Gasteiger partial charge in [-0.05, 0) is 38.0 Å². The minimum absolute atomic E-state index is 0.392. The summed E-state index contributed by atoms with van der Waals surface area (Å²) < 4.78 is 20.0. The first kappa shape index (κ1) is 51.0. The minimum Gasteiger partial charge on any atom is -0.508 e. The van der Waals surface area contributed by atoms with Gasteiger partial charge in [-0.25, -0.2) is 0 Å². The quantitative estimate of drug-likeness (QED) is 0.0291. The van der Waals surface area contributed by atoms with Crippen molar-refractivity contribution >= 4 is 21.4 Å². The van der Waals surface area contributed by atoms with Crippen molar-refractivity contribution in [3.63, 3.8) is 0 Å². The Morgan fingerprint density at radius 2 is 0.824 bits per heavy atom. The molecule has 3 nitrogen and oxygen atoms in total. The lowest BCUT2D eigenvalue weighted by atomic mass is 10.0. The van der Waals surface area contributed by atoms with Crippen LogP contribution in [0.15, 0.2) is 12.3 Å². The fourth-order valence-corrected chi connectivity index (χ4v) is 10.1. The van der Waals surface area contributed by atoms with Crippen molar-refractivity contribution in [1.82, 2.24) is 0 Å². The summed E-state index contributed by atoms with van der Waals surface area (Å²) in [5, 5.41) is 0.392. The van der Waals surface area contributed by atoms with Crippen LogP contribution in [0.4, 0.5) is 0 Å². The lowest BCUT2D eigenvalue weighted by molar-refractivity contribution is 0.0835. The molecule has 0 aromatic carbocycles. The van der Waals surface area contributed by atoms with Gasteiger partial charge in [-0.3, -0.25) is 0 Å². The first-order valence-electron chi connectivity index (χ1n) is 23.3. The molecule has 2 unspecified atom stereocenters. The Kier molecular flexibility index (Phi) is 41.2. The summed E-state index contributed by atoms with van der Waals surface area (Å²) in [5.74, 6) is 0.475. The predicted molar refractivity (Wildman–Crippen MR) is 234 cm³/mol. The summed E-state index contributed by atoms with van der Waals surface area (Å²) >= 11 is 4.97. The molecule has 0 aromatic rings. The van der Waals surface area contributed by atoms with E-state index in [0.717, 1.165) is 31.9 Å². The van der Waals surface area contributed by atoms with E-state index in [1.54, 1.807) is 0 Å². The third kappa shape index (κ3) is 38.1. The van der Waals surface area contributed by atoms with Crippen LogP contribution in [0.25, 0.3) is 0 Å². The summed E-state index contributed by atoms with van der Waals surface area (Å²) in [7, 11) is -2.81. The van der Waals surface area contributed by atoms with Gasteiger partial charge in [0.15, 0.2) is 0 Å². The zero-order chi connectivity index (χ0) is 37.4. The zero-order valence-electron chi connectivity index (χ0n) is 35.6. The van der Waals surface area contributed by atoms with Gasteiger partial charge >= 0.3 is 8.80 Å². The fraction of sp³-hybridized carbons (Fsp3) is 0.957. The molecule has 0 radical (unpaired) electrons. The van der Waals surface area contributed by atoms with E-state index in [-0.39, 0.29) is 0 Å². The molecule has 0 fully saturated rings. The van der Waals surface area contributed by atoms with E-state index >= 15 is 0 Å². The zero-order valence-corrected chi connectivity index (χ0v) is 37.5. The molecule has 0 saturated heterocycles. The third-order valence-electron chi connectivity index (χ3n) is 10.5. The first-order chi connectivity index (χ1) is 25.0. The lowest BCUT2D eigenvalue weighted by Crippen LogP contribution is -2.46. The normalized spacial score (nSPS) is 13.8. The van der Waals surface area contributed by atoms with Crippen LogP contribution >= 0.6 is 12.6 Å². The summed E-state index contributed by atoms with van der Waals surface area (Å²) in [6, 6.07) is 0.878. The molecule has 51 heavy (non-hydrogen) atoms. The monoisotopic (exact) mass is 755 g/mol. The number of hydrogen-bond donors (Lipinski definition) is 1. The van der Waals surface area contributed by atoms with Gasteiger partial charge in [-0.1, -0.05) is 227 Å². The van der Waals surface area contributed by atoms with E-state index in [1.165, 1.54) is 199 Å². The molecule has 0 aromatic heterocycles. The van der Waals surface area contributed by atoms with Crippen molar-refractivity contribution in [2.75, 3.05) is 13.2 Å². The molecule has 0 aliphatic carbocycles. The Bertz CT molecular complexity index is 689. The van der Waals surface area contributed by atoms with E-state index in [1.807, 2.05) is 6.26 Å². The number of hydrogen-bond acceptors (Lipinski definition) is 4. The maximum atomic E-state index is 6.71. The molecule has 0 bridgehead atoms. The Hall–Kier alpha value is 0.0269. The maximum absolute atomic E-state index is 6.71. The first-order valence-corrected chi connectivity index (χ1v) is 25.7. The highest BCUT2D eigenvalue weighted by Gasteiger charge is 2.43. The molecule has 306 valence electrons. The number of thiol groups is 1. The van der Waals surface area contributed by atoms with Gasteiger partial charge in [0.1, 0.15) is 0 Å². The molecule has 0 aliphatic rings. The Morgan fingerprint density at radius 3 is 1.25 bits per heavy atom. The summed E-state index contributed by atoms with van der Waals surface area (Å²) in [5.41, 5.74) is 0. The second kappa shape index (κ2) is 41.2. The largest absolute Gasteiger partial charge is 0.565 e. The SMILES string of the molecule is CCCCCCCCCCC=CO[Si](CC(C)C)(OCCCCCCCCCCCCCCCC)OCCC(S)CCCCCCCCCCC. The van der Waals surface area contributed by atoms with Crippen molar-refractivity contribution < 1.29 is 13.3 Å². The predicted octanol–water partition coefficient (Wildman–Crippen LogP) is 16.8. The third-order valence-corrected chi connectivity index (χ3v) is 14.1. The van der Waals surface area contributed by atoms with Gasteiger partial charge in [0.05, 0.1) is 6.26 Å². The van der Waals surface area contributed by atoms with E-state index in [9.17, 15) is 0 Å².